The molecular weight excluding hydrogens is 275 g/mol. The minimum atomic E-state index is -1.24. The van der Waals surface area contributed by atoms with E-state index in [4.69, 9.17) is 5.11 Å². The molecule has 0 aliphatic rings. The van der Waals surface area contributed by atoms with Gasteiger partial charge in [0.05, 0.1) is 11.1 Å². The van der Waals surface area contributed by atoms with Crippen LogP contribution in [0, 0.1) is 19.7 Å². The third-order valence-electron chi connectivity index (χ3n) is 3.40. The van der Waals surface area contributed by atoms with E-state index in [2.05, 4.69) is 0 Å². The number of halogens is 1. The molecule has 0 heterocycles. The van der Waals surface area contributed by atoms with Crippen LogP contribution in [-0.4, -0.2) is 22.2 Å². The third-order valence-corrected chi connectivity index (χ3v) is 3.40. The summed E-state index contributed by atoms with van der Waals surface area (Å²) in [5, 5.41) is 18.5. The van der Waals surface area contributed by atoms with E-state index in [0.717, 1.165) is 0 Å². The van der Waals surface area contributed by atoms with E-state index in [1.54, 1.807) is 13.0 Å². The van der Waals surface area contributed by atoms with Gasteiger partial charge in [0.1, 0.15) is 5.82 Å². The highest BCUT2D eigenvalue weighted by atomic mass is 19.1. The zero-order chi connectivity index (χ0) is 15.7. The maximum Gasteiger partial charge on any atom is 0.336 e. The molecule has 0 aromatic heterocycles. The van der Waals surface area contributed by atoms with Crippen molar-refractivity contribution in [3.05, 3.63) is 58.4 Å². The highest BCUT2D eigenvalue weighted by Crippen LogP contribution is 2.31. The van der Waals surface area contributed by atoms with Crippen molar-refractivity contribution in [3.8, 4) is 11.1 Å². The summed E-state index contributed by atoms with van der Waals surface area (Å²) in [4.78, 5) is 22.6. The molecule has 0 atom stereocenters. The summed E-state index contributed by atoms with van der Waals surface area (Å²) < 4.78 is 13.4. The lowest BCUT2D eigenvalue weighted by Gasteiger charge is -2.13. The average Bonchev–Trinajstić information content (AvgIpc) is 2.40. The van der Waals surface area contributed by atoms with Gasteiger partial charge in [-0.15, -0.1) is 0 Å². The maximum atomic E-state index is 13.4. The lowest BCUT2D eigenvalue weighted by Crippen LogP contribution is -2.09. The van der Waals surface area contributed by atoms with Gasteiger partial charge in [0, 0.05) is 0 Å². The van der Waals surface area contributed by atoms with E-state index >= 15 is 0 Å². The first-order chi connectivity index (χ1) is 9.82. The molecule has 2 N–H and O–H groups in total. The molecule has 0 bridgehead atoms. The Hall–Kier alpha value is -2.69. The van der Waals surface area contributed by atoms with Crippen LogP contribution in [0.5, 0.6) is 0 Å². The number of hydrogen-bond acceptors (Lipinski definition) is 2. The van der Waals surface area contributed by atoms with Gasteiger partial charge in [-0.2, -0.15) is 0 Å². The predicted octanol–water partition coefficient (Wildman–Crippen LogP) is 3.51. The summed E-state index contributed by atoms with van der Waals surface area (Å²) in [5.41, 5.74) is 1.40. The van der Waals surface area contributed by atoms with Crippen molar-refractivity contribution >= 4 is 11.9 Å². The first kappa shape index (κ1) is 14.7. The lowest BCUT2D eigenvalue weighted by molar-refractivity contribution is 0.0696. The number of carboxylic acid groups (broad SMARTS) is 2. The summed E-state index contributed by atoms with van der Waals surface area (Å²) in [6, 6.07) is 6.83. The van der Waals surface area contributed by atoms with Crippen LogP contribution in [0.3, 0.4) is 0 Å². The van der Waals surface area contributed by atoms with E-state index in [9.17, 15) is 19.1 Å². The van der Waals surface area contributed by atoms with E-state index in [0.29, 0.717) is 16.7 Å². The molecule has 2 aromatic rings. The Labute approximate surface area is 120 Å². The fourth-order valence-corrected chi connectivity index (χ4v) is 2.33. The smallest absolute Gasteiger partial charge is 0.336 e. The van der Waals surface area contributed by atoms with Gasteiger partial charge in [-0.05, 0) is 54.3 Å². The average molecular weight is 288 g/mol. The molecule has 21 heavy (non-hydrogen) atoms. The van der Waals surface area contributed by atoms with E-state index in [-0.39, 0.29) is 16.7 Å². The Kier molecular flexibility index (Phi) is 3.76. The standard InChI is InChI=1S/C16H13FO4/c1-8-3-4-10(17)7-13(8)12-6-5-11(15(18)19)9(2)14(12)16(20)21/h3-7H,1-2H3,(H,18,19)(H,20,21). The van der Waals surface area contributed by atoms with Crippen molar-refractivity contribution in [2.45, 2.75) is 13.8 Å². The van der Waals surface area contributed by atoms with Crippen LogP contribution < -0.4 is 0 Å². The van der Waals surface area contributed by atoms with E-state index in [1.165, 1.54) is 31.2 Å². The molecule has 2 rings (SSSR count). The SMILES string of the molecule is Cc1ccc(F)cc1-c1ccc(C(=O)O)c(C)c1C(=O)O. The zero-order valence-electron chi connectivity index (χ0n) is 11.5. The van der Waals surface area contributed by atoms with Gasteiger partial charge >= 0.3 is 11.9 Å². The summed E-state index contributed by atoms with van der Waals surface area (Å²) in [5.74, 6) is -2.92. The topological polar surface area (TPSA) is 74.6 Å². The number of carbonyl (C=O) groups is 2. The Balaban J connectivity index is 2.81. The van der Waals surface area contributed by atoms with Crippen molar-refractivity contribution in [2.24, 2.45) is 0 Å². The highest BCUT2D eigenvalue weighted by molar-refractivity contribution is 6.02. The largest absolute Gasteiger partial charge is 0.478 e. The zero-order valence-corrected chi connectivity index (χ0v) is 11.5. The summed E-state index contributed by atoms with van der Waals surface area (Å²) in [6.07, 6.45) is 0. The monoisotopic (exact) mass is 288 g/mol. The molecule has 0 amide bonds. The van der Waals surface area contributed by atoms with Crippen molar-refractivity contribution in [1.29, 1.82) is 0 Å². The fourth-order valence-electron chi connectivity index (χ4n) is 2.33. The molecule has 2 aromatic carbocycles. The summed E-state index contributed by atoms with van der Waals surface area (Å²) in [6.45, 7) is 3.17. The molecular formula is C16H13FO4. The second-order valence-corrected chi connectivity index (χ2v) is 4.73. The quantitative estimate of drug-likeness (QED) is 0.906. The van der Waals surface area contributed by atoms with Gasteiger partial charge < -0.3 is 10.2 Å². The second-order valence-electron chi connectivity index (χ2n) is 4.73. The predicted molar refractivity (Wildman–Crippen MR) is 75.2 cm³/mol. The van der Waals surface area contributed by atoms with Crippen LogP contribution >= 0.6 is 0 Å². The van der Waals surface area contributed by atoms with Crippen LogP contribution in [-0.2, 0) is 0 Å². The molecule has 5 heteroatoms. The van der Waals surface area contributed by atoms with Crippen LogP contribution in [0.4, 0.5) is 4.39 Å². The number of hydrogen-bond donors (Lipinski definition) is 2. The third kappa shape index (κ3) is 2.63. The number of benzene rings is 2. The number of aryl methyl sites for hydroxylation is 1. The minimum absolute atomic E-state index is 0.0785. The molecule has 0 spiro atoms. The Bertz CT molecular complexity index is 750. The van der Waals surface area contributed by atoms with Gasteiger partial charge in [-0.1, -0.05) is 12.1 Å². The van der Waals surface area contributed by atoms with Gasteiger partial charge in [-0.25, -0.2) is 14.0 Å². The number of carboxylic acids is 2. The van der Waals surface area contributed by atoms with Crippen LogP contribution in [0.2, 0.25) is 0 Å². The van der Waals surface area contributed by atoms with Gasteiger partial charge in [0.15, 0.2) is 0 Å². The Morgan fingerprint density at radius 1 is 0.952 bits per heavy atom. The Morgan fingerprint density at radius 2 is 1.62 bits per heavy atom. The van der Waals surface area contributed by atoms with Gasteiger partial charge in [0.25, 0.3) is 0 Å². The first-order valence-corrected chi connectivity index (χ1v) is 6.19. The van der Waals surface area contributed by atoms with Crippen LogP contribution in [0.25, 0.3) is 11.1 Å². The molecule has 108 valence electrons. The molecule has 0 aliphatic heterocycles. The summed E-state index contributed by atoms with van der Waals surface area (Å²) >= 11 is 0. The molecule has 0 aliphatic carbocycles. The van der Waals surface area contributed by atoms with Gasteiger partial charge in [-0.3, -0.25) is 0 Å². The molecule has 4 nitrogen and oxygen atoms in total. The normalized spacial score (nSPS) is 10.4. The van der Waals surface area contributed by atoms with Crippen molar-refractivity contribution in [1.82, 2.24) is 0 Å². The van der Waals surface area contributed by atoms with Crippen LogP contribution in [0.15, 0.2) is 30.3 Å². The molecule has 0 saturated carbocycles. The lowest BCUT2D eigenvalue weighted by atomic mass is 9.90. The second kappa shape index (κ2) is 5.36. The highest BCUT2D eigenvalue weighted by Gasteiger charge is 2.21. The maximum absolute atomic E-state index is 13.4. The van der Waals surface area contributed by atoms with Crippen molar-refractivity contribution in [2.75, 3.05) is 0 Å². The van der Waals surface area contributed by atoms with E-state index in [1.807, 2.05) is 0 Å². The summed E-state index contributed by atoms with van der Waals surface area (Å²) in [7, 11) is 0. The van der Waals surface area contributed by atoms with Gasteiger partial charge in [0.2, 0.25) is 0 Å². The van der Waals surface area contributed by atoms with E-state index < -0.39 is 17.8 Å². The van der Waals surface area contributed by atoms with Crippen molar-refractivity contribution in [3.63, 3.8) is 0 Å². The molecule has 0 radical (unpaired) electrons. The number of aromatic carboxylic acids is 2. The number of rotatable bonds is 3. The molecule has 0 saturated heterocycles. The molecule has 0 fully saturated rings. The minimum Gasteiger partial charge on any atom is -0.478 e. The Morgan fingerprint density at radius 3 is 2.19 bits per heavy atom. The molecule has 0 unspecified atom stereocenters. The van der Waals surface area contributed by atoms with Crippen LogP contribution in [0.1, 0.15) is 31.8 Å². The van der Waals surface area contributed by atoms with Crippen molar-refractivity contribution < 1.29 is 24.2 Å². The first-order valence-electron chi connectivity index (χ1n) is 6.19. The fraction of sp³-hybridized carbons (Fsp3) is 0.125.